The lowest BCUT2D eigenvalue weighted by Crippen LogP contribution is -2.46. The van der Waals surface area contributed by atoms with Crippen LogP contribution in [0.5, 0.6) is 0 Å². The zero-order valence-corrected chi connectivity index (χ0v) is 12.1. The molecular formula is C16H23N3O. The molecule has 4 nitrogen and oxygen atoms in total. The molecule has 0 aliphatic carbocycles. The highest BCUT2D eigenvalue weighted by Crippen LogP contribution is 2.34. The first kappa shape index (κ1) is 13.3. The SMILES string of the molecule is CC1Cc2cc(N)ccc2N1C(=O)N1CCCCCC1. The van der Waals surface area contributed by atoms with E-state index < -0.39 is 0 Å². The van der Waals surface area contributed by atoms with Crippen LogP contribution in [-0.2, 0) is 6.42 Å². The Hall–Kier alpha value is -1.71. The highest BCUT2D eigenvalue weighted by molar-refractivity contribution is 5.95. The number of urea groups is 1. The van der Waals surface area contributed by atoms with Gasteiger partial charge in [0, 0.05) is 30.5 Å². The predicted octanol–water partition coefficient (Wildman–Crippen LogP) is 3.02. The number of nitrogen functional groups attached to an aromatic ring is 1. The molecule has 0 spiro atoms. The van der Waals surface area contributed by atoms with Gasteiger partial charge in [0.25, 0.3) is 0 Å². The molecule has 4 heteroatoms. The molecule has 0 radical (unpaired) electrons. The van der Waals surface area contributed by atoms with Crippen LogP contribution in [0.1, 0.15) is 38.2 Å². The van der Waals surface area contributed by atoms with Crippen LogP contribution in [-0.4, -0.2) is 30.1 Å². The van der Waals surface area contributed by atoms with Crippen LogP contribution in [0.2, 0.25) is 0 Å². The number of hydrogen-bond donors (Lipinski definition) is 1. The van der Waals surface area contributed by atoms with Crippen molar-refractivity contribution in [3.05, 3.63) is 23.8 Å². The highest BCUT2D eigenvalue weighted by Gasteiger charge is 2.33. The van der Waals surface area contributed by atoms with Crippen molar-refractivity contribution in [3.8, 4) is 0 Å². The van der Waals surface area contributed by atoms with E-state index in [2.05, 4.69) is 6.92 Å². The third-order valence-corrected chi connectivity index (χ3v) is 4.40. The van der Waals surface area contributed by atoms with Crippen LogP contribution < -0.4 is 10.6 Å². The lowest BCUT2D eigenvalue weighted by molar-refractivity contribution is 0.205. The second kappa shape index (κ2) is 5.35. The van der Waals surface area contributed by atoms with Gasteiger partial charge in [-0.25, -0.2) is 4.79 Å². The summed E-state index contributed by atoms with van der Waals surface area (Å²) in [7, 11) is 0. The van der Waals surface area contributed by atoms with Gasteiger partial charge in [-0.05, 0) is 49.9 Å². The molecule has 2 aliphatic rings. The Balaban J connectivity index is 1.84. The topological polar surface area (TPSA) is 49.6 Å². The van der Waals surface area contributed by atoms with E-state index in [4.69, 9.17) is 5.73 Å². The van der Waals surface area contributed by atoms with Crippen molar-refractivity contribution in [1.82, 2.24) is 4.90 Å². The van der Waals surface area contributed by atoms with Gasteiger partial charge in [0.1, 0.15) is 0 Å². The van der Waals surface area contributed by atoms with Crippen molar-refractivity contribution in [3.63, 3.8) is 0 Å². The molecule has 2 heterocycles. The fourth-order valence-corrected chi connectivity index (χ4v) is 3.36. The maximum atomic E-state index is 12.8. The summed E-state index contributed by atoms with van der Waals surface area (Å²) in [4.78, 5) is 16.8. The predicted molar refractivity (Wildman–Crippen MR) is 81.9 cm³/mol. The maximum absolute atomic E-state index is 12.8. The number of carbonyl (C=O) groups is 1. The smallest absolute Gasteiger partial charge is 0.324 e. The van der Waals surface area contributed by atoms with Crippen molar-refractivity contribution < 1.29 is 4.79 Å². The fourth-order valence-electron chi connectivity index (χ4n) is 3.36. The molecule has 2 aliphatic heterocycles. The molecule has 20 heavy (non-hydrogen) atoms. The maximum Gasteiger partial charge on any atom is 0.324 e. The monoisotopic (exact) mass is 273 g/mol. The second-order valence-corrected chi connectivity index (χ2v) is 6.00. The molecular weight excluding hydrogens is 250 g/mol. The third-order valence-electron chi connectivity index (χ3n) is 4.40. The van der Waals surface area contributed by atoms with E-state index in [-0.39, 0.29) is 12.1 Å². The third kappa shape index (κ3) is 2.35. The van der Waals surface area contributed by atoms with Gasteiger partial charge in [0.2, 0.25) is 0 Å². The summed E-state index contributed by atoms with van der Waals surface area (Å²) in [6.45, 7) is 3.91. The van der Waals surface area contributed by atoms with E-state index in [9.17, 15) is 4.79 Å². The summed E-state index contributed by atoms with van der Waals surface area (Å²) in [5, 5.41) is 0. The lowest BCUT2D eigenvalue weighted by atomic mass is 10.1. The Labute approximate surface area is 120 Å². The first-order chi connectivity index (χ1) is 9.66. The van der Waals surface area contributed by atoms with Crippen LogP contribution in [0.4, 0.5) is 16.2 Å². The van der Waals surface area contributed by atoms with Gasteiger partial charge in [0.05, 0.1) is 0 Å². The van der Waals surface area contributed by atoms with Crippen LogP contribution >= 0.6 is 0 Å². The van der Waals surface area contributed by atoms with E-state index in [1.54, 1.807) is 0 Å². The number of likely N-dealkylation sites (tertiary alicyclic amines) is 1. The number of nitrogens with two attached hydrogens (primary N) is 1. The lowest BCUT2D eigenvalue weighted by Gasteiger charge is -2.30. The standard InChI is InChI=1S/C16H23N3O/c1-12-10-13-11-14(17)6-7-15(13)19(12)16(20)18-8-4-2-3-5-9-18/h6-7,11-12H,2-5,8-10,17H2,1H3. The van der Waals surface area contributed by atoms with Crippen molar-refractivity contribution >= 4 is 17.4 Å². The number of anilines is 2. The van der Waals surface area contributed by atoms with Gasteiger partial charge < -0.3 is 10.6 Å². The van der Waals surface area contributed by atoms with Gasteiger partial charge in [-0.3, -0.25) is 4.90 Å². The van der Waals surface area contributed by atoms with Crippen molar-refractivity contribution in [2.75, 3.05) is 23.7 Å². The van der Waals surface area contributed by atoms with Gasteiger partial charge >= 0.3 is 6.03 Å². The van der Waals surface area contributed by atoms with Crippen molar-refractivity contribution in [1.29, 1.82) is 0 Å². The summed E-state index contributed by atoms with van der Waals surface area (Å²) in [6.07, 6.45) is 5.64. The number of amides is 2. The number of benzene rings is 1. The molecule has 1 atom stereocenters. The Bertz CT molecular complexity index is 506. The molecule has 2 amide bonds. The minimum Gasteiger partial charge on any atom is -0.399 e. The number of nitrogens with zero attached hydrogens (tertiary/aromatic N) is 2. The molecule has 1 aromatic carbocycles. The normalized spacial score (nSPS) is 22.6. The fraction of sp³-hybridized carbons (Fsp3) is 0.562. The summed E-state index contributed by atoms with van der Waals surface area (Å²) >= 11 is 0. The van der Waals surface area contributed by atoms with Crippen LogP contribution in [0.3, 0.4) is 0 Å². The number of fused-ring (bicyclic) bond motifs is 1. The minimum absolute atomic E-state index is 0.169. The molecule has 0 bridgehead atoms. The average molecular weight is 273 g/mol. The summed E-state index contributed by atoms with van der Waals surface area (Å²) < 4.78 is 0. The number of carbonyl (C=O) groups excluding carboxylic acids is 1. The summed E-state index contributed by atoms with van der Waals surface area (Å²) in [5.74, 6) is 0. The highest BCUT2D eigenvalue weighted by atomic mass is 16.2. The summed E-state index contributed by atoms with van der Waals surface area (Å²) in [5.41, 5.74) is 8.86. The summed E-state index contributed by atoms with van der Waals surface area (Å²) in [6, 6.07) is 6.27. The van der Waals surface area contributed by atoms with E-state index >= 15 is 0 Å². The van der Waals surface area contributed by atoms with Crippen LogP contribution in [0, 0.1) is 0 Å². The van der Waals surface area contributed by atoms with E-state index in [0.717, 1.165) is 43.7 Å². The van der Waals surface area contributed by atoms with Crippen LogP contribution in [0.25, 0.3) is 0 Å². The number of hydrogen-bond acceptors (Lipinski definition) is 2. The van der Waals surface area contributed by atoms with E-state index in [1.165, 1.54) is 18.4 Å². The Morgan fingerprint density at radius 3 is 2.60 bits per heavy atom. The van der Waals surface area contributed by atoms with Crippen LogP contribution in [0.15, 0.2) is 18.2 Å². The zero-order chi connectivity index (χ0) is 14.1. The quantitative estimate of drug-likeness (QED) is 0.739. The van der Waals surface area contributed by atoms with E-state index in [1.807, 2.05) is 28.0 Å². The molecule has 108 valence electrons. The molecule has 1 aromatic rings. The Morgan fingerprint density at radius 2 is 1.90 bits per heavy atom. The van der Waals surface area contributed by atoms with Crippen molar-refractivity contribution in [2.24, 2.45) is 0 Å². The zero-order valence-electron chi connectivity index (χ0n) is 12.1. The average Bonchev–Trinajstić information content (AvgIpc) is 2.62. The van der Waals surface area contributed by atoms with Gasteiger partial charge in [-0.2, -0.15) is 0 Å². The van der Waals surface area contributed by atoms with Gasteiger partial charge in [-0.15, -0.1) is 0 Å². The first-order valence-corrected chi connectivity index (χ1v) is 7.63. The Morgan fingerprint density at radius 1 is 1.20 bits per heavy atom. The van der Waals surface area contributed by atoms with Gasteiger partial charge in [-0.1, -0.05) is 12.8 Å². The molecule has 1 unspecified atom stereocenters. The molecule has 1 fully saturated rings. The largest absolute Gasteiger partial charge is 0.399 e. The number of rotatable bonds is 0. The molecule has 0 aromatic heterocycles. The molecule has 1 saturated heterocycles. The Kier molecular flexibility index (Phi) is 3.55. The molecule has 0 saturated carbocycles. The molecule has 3 rings (SSSR count). The van der Waals surface area contributed by atoms with Gasteiger partial charge in [0.15, 0.2) is 0 Å². The minimum atomic E-state index is 0.169. The second-order valence-electron chi connectivity index (χ2n) is 6.00. The molecule has 2 N–H and O–H groups in total. The first-order valence-electron chi connectivity index (χ1n) is 7.63. The van der Waals surface area contributed by atoms with E-state index in [0.29, 0.717) is 0 Å². The van der Waals surface area contributed by atoms with Crippen molar-refractivity contribution in [2.45, 2.75) is 45.1 Å².